The van der Waals surface area contributed by atoms with E-state index in [4.69, 9.17) is 15.0 Å². The predicted octanol–water partition coefficient (Wildman–Crippen LogP) is 13.9. The van der Waals surface area contributed by atoms with Gasteiger partial charge in [0.05, 0.1) is 16.7 Å². The van der Waals surface area contributed by atoms with Crippen LogP contribution in [0.25, 0.3) is 113 Å². The standard InChI is InChI=1S/C49H28N4S2/c1-2-14-31-29(12-1)13-9-22-39(31)53-40-21-6-3-15-32(40)35-18-10-20-38(46(35)53)49-51-47(30-26-27-34-33-16-4-7-23-41(33)55-44(34)28-30)50-48(52-49)37-19-11-25-43-45(37)36-17-5-8-24-42(36)54-43/h1-28H. The van der Waals surface area contributed by atoms with Crippen LogP contribution in [0.4, 0.5) is 0 Å². The zero-order chi connectivity index (χ0) is 36.0. The number of thiophene rings is 2. The van der Waals surface area contributed by atoms with Gasteiger partial charge < -0.3 is 4.57 Å². The number of benzene rings is 8. The van der Waals surface area contributed by atoms with Gasteiger partial charge in [0.25, 0.3) is 0 Å². The molecule has 4 heterocycles. The van der Waals surface area contributed by atoms with Crippen LogP contribution in [0.15, 0.2) is 170 Å². The number of nitrogens with zero attached hydrogens (tertiary/aromatic N) is 4. The zero-order valence-electron chi connectivity index (χ0n) is 29.3. The van der Waals surface area contributed by atoms with Crippen LogP contribution in [0.1, 0.15) is 0 Å². The number of fused-ring (bicyclic) bond motifs is 10. The summed E-state index contributed by atoms with van der Waals surface area (Å²) in [6, 6.07) is 60.7. The van der Waals surface area contributed by atoms with Gasteiger partial charge in [-0.05, 0) is 47.9 Å². The summed E-state index contributed by atoms with van der Waals surface area (Å²) in [4.78, 5) is 16.1. The first kappa shape index (κ1) is 30.7. The van der Waals surface area contributed by atoms with Crippen molar-refractivity contribution in [3.05, 3.63) is 170 Å². The van der Waals surface area contributed by atoms with Gasteiger partial charge in [-0.1, -0.05) is 127 Å². The Kier molecular flexibility index (Phi) is 6.64. The summed E-state index contributed by atoms with van der Waals surface area (Å²) < 4.78 is 7.36. The lowest BCUT2D eigenvalue weighted by atomic mass is 10.0. The van der Waals surface area contributed by atoms with Crippen molar-refractivity contribution in [3.63, 3.8) is 0 Å². The van der Waals surface area contributed by atoms with Crippen molar-refractivity contribution >= 4 is 95.6 Å². The Morgan fingerprint density at radius 3 is 1.85 bits per heavy atom. The van der Waals surface area contributed by atoms with Crippen molar-refractivity contribution in [2.75, 3.05) is 0 Å². The summed E-state index contributed by atoms with van der Waals surface area (Å²) in [5.74, 6) is 1.96. The fraction of sp³-hybridized carbons (Fsp3) is 0. The van der Waals surface area contributed by atoms with Crippen LogP contribution in [-0.4, -0.2) is 19.5 Å². The lowest BCUT2D eigenvalue weighted by Gasteiger charge is -2.14. The fourth-order valence-electron chi connectivity index (χ4n) is 8.42. The summed E-state index contributed by atoms with van der Waals surface area (Å²) in [5, 5.41) is 9.63. The largest absolute Gasteiger partial charge is 0.308 e. The maximum Gasteiger partial charge on any atom is 0.166 e. The van der Waals surface area contributed by atoms with E-state index in [1.165, 1.54) is 56.5 Å². The van der Waals surface area contributed by atoms with Crippen LogP contribution in [0.3, 0.4) is 0 Å². The molecule has 6 heteroatoms. The molecule has 0 unspecified atom stereocenters. The van der Waals surface area contributed by atoms with Gasteiger partial charge in [-0.2, -0.15) is 0 Å². The van der Waals surface area contributed by atoms with Crippen molar-refractivity contribution in [1.29, 1.82) is 0 Å². The van der Waals surface area contributed by atoms with Crippen molar-refractivity contribution in [1.82, 2.24) is 19.5 Å². The Hall–Kier alpha value is -6.73. The molecule has 0 aliphatic carbocycles. The molecule has 4 aromatic heterocycles. The van der Waals surface area contributed by atoms with Crippen molar-refractivity contribution in [2.45, 2.75) is 0 Å². The molecule has 0 amide bonds. The van der Waals surface area contributed by atoms with E-state index in [9.17, 15) is 0 Å². The van der Waals surface area contributed by atoms with Gasteiger partial charge in [0, 0.05) is 73.2 Å². The molecule has 0 saturated carbocycles. The monoisotopic (exact) mass is 736 g/mol. The molecule has 256 valence electrons. The van der Waals surface area contributed by atoms with E-state index in [2.05, 4.69) is 174 Å². The molecule has 0 N–H and O–H groups in total. The molecule has 0 fully saturated rings. The normalized spacial score (nSPS) is 12.0. The lowest BCUT2D eigenvalue weighted by Crippen LogP contribution is -2.02. The minimum absolute atomic E-state index is 0.642. The van der Waals surface area contributed by atoms with Crippen LogP contribution in [0.2, 0.25) is 0 Å². The number of para-hydroxylation sites is 2. The van der Waals surface area contributed by atoms with Gasteiger partial charge in [0.15, 0.2) is 17.5 Å². The maximum absolute atomic E-state index is 5.42. The molecular weight excluding hydrogens is 709 g/mol. The zero-order valence-corrected chi connectivity index (χ0v) is 30.9. The molecule has 0 atom stereocenters. The molecule has 0 radical (unpaired) electrons. The molecule has 0 spiro atoms. The summed E-state index contributed by atoms with van der Waals surface area (Å²) in [7, 11) is 0. The van der Waals surface area contributed by atoms with Crippen LogP contribution in [-0.2, 0) is 0 Å². The van der Waals surface area contributed by atoms with Crippen molar-refractivity contribution in [2.24, 2.45) is 0 Å². The minimum Gasteiger partial charge on any atom is -0.308 e. The highest BCUT2D eigenvalue weighted by atomic mass is 32.1. The molecular formula is C49H28N4S2. The Bertz CT molecular complexity index is 3510. The minimum atomic E-state index is 0.642. The Morgan fingerprint density at radius 1 is 0.382 bits per heavy atom. The van der Waals surface area contributed by atoms with Gasteiger partial charge in [-0.15, -0.1) is 22.7 Å². The van der Waals surface area contributed by atoms with E-state index in [0.29, 0.717) is 17.5 Å². The second-order valence-corrected chi connectivity index (χ2v) is 16.1. The molecule has 0 saturated heterocycles. The first-order valence-electron chi connectivity index (χ1n) is 18.4. The number of hydrogen-bond donors (Lipinski definition) is 0. The van der Waals surface area contributed by atoms with E-state index < -0.39 is 0 Å². The highest BCUT2D eigenvalue weighted by Gasteiger charge is 2.22. The van der Waals surface area contributed by atoms with Crippen LogP contribution < -0.4 is 0 Å². The second-order valence-electron chi connectivity index (χ2n) is 13.9. The van der Waals surface area contributed by atoms with E-state index in [1.807, 2.05) is 11.3 Å². The molecule has 4 nitrogen and oxygen atoms in total. The molecule has 8 aromatic carbocycles. The van der Waals surface area contributed by atoms with Gasteiger partial charge >= 0.3 is 0 Å². The molecule has 55 heavy (non-hydrogen) atoms. The maximum atomic E-state index is 5.42. The molecule has 0 bridgehead atoms. The Labute approximate surface area is 323 Å². The second kappa shape index (κ2) is 11.9. The molecule has 12 aromatic rings. The number of hydrogen-bond acceptors (Lipinski definition) is 5. The Balaban J connectivity index is 1.18. The third-order valence-electron chi connectivity index (χ3n) is 10.9. The average Bonchev–Trinajstić information content (AvgIpc) is 3.92. The number of aromatic nitrogens is 4. The van der Waals surface area contributed by atoms with Gasteiger partial charge in [0.1, 0.15) is 0 Å². The first-order chi connectivity index (χ1) is 27.3. The van der Waals surface area contributed by atoms with E-state index in [-0.39, 0.29) is 0 Å². The van der Waals surface area contributed by atoms with E-state index >= 15 is 0 Å². The highest BCUT2D eigenvalue weighted by molar-refractivity contribution is 7.26. The van der Waals surface area contributed by atoms with Crippen molar-refractivity contribution < 1.29 is 0 Å². The topological polar surface area (TPSA) is 43.6 Å². The van der Waals surface area contributed by atoms with Gasteiger partial charge in [0.2, 0.25) is 0 Å². The molecule has 12 rings (SSSR count). The van der Waals surface area contributed by atoms with Crippen molar-refractivity contribution in [3.8, 4) is 39.9 Å². The average molecular weight is 737 g/mol. The smallest absolute Gasteiger partial charge is 0.166 e. The Morgan fingerprint density at radius 2 is 0.964 bits per heavy atom. The van der Waals surface area contributed by atoms with Crippen LogP contribution in [0.5, 0.6) is 0 Å². The molecule has 0 aliphatic heterocycles. The highest BCUT2D eigenvalue weighted by Crippen LogP contribution is 2.43. The quantitative estimate of drug-likeness (QED) is 0.181. The SMILES string of the molecule is c1ccc2c(-n3c4ccccc4c4cccc(-c5nc(-c6ccc7c(c6)sc6ccccc67)nc(-c6cccc7sc8ccccc8c67)n5)c43)cccc2c1. The third-order valence-corrected chi connectivity index (χ3v) is 13.1. The predicted molar refractivity (Wildman–Crippen MR) is 234 cm³/mol. The summed E-state index contributed by atoms with van der Waals surface area (Å²) in [6.45, 7) is 0. The summed E-state index contributed by atoms with van der Waals surface area (Å²) in [5.41, 5.74) is 6.26. The number of rotatable bonds is 4. The first-order valence-corrected chi connectivity index (χ1v) is 20.0. The van der Waals surface area contributed by atoms with E-state index in [1.54, 1.807) is 11.3 Å². The van der Waals surface area contributed by atoms with Gasteiger partial charge in [-0.3, -0.25) is 0 Å². The van der Waals surface area contributed by atoms with Crippen LogP contribution >= 0.6 is 22.7 Å². The fourth-order valence-corrected chi connectivity index (χ4v) is 10.7. The summed E-state index contributed by atoms with van der Waals surface area (Å²) >= 11 is 3.61. The molecule has 0 aliphatic rings. The lowest BCUT2D eigenvalue weighted by molar-refractivity contribution is 1.08. The van der Waals surface area contributed by atoms with Crippen LogP contribution in [0, 0.1) is 0 Å². The summed E-state index contributed by atoms with van der Waals surface area (Å²) in [6.07, 6.45) is 0. The van der Waals surface area contributed by atoms with Gasteiger partial charge in [-0.25, -0.2) is 15.0 Å². The third kappa shape index (κ3) is 4.65. The van der Waals surface area contributed by atoms with E-state index in [0.717, 1.165) is 38.8 Å².